The lowest BCUT2D eigenvalue weighted by atomic mass is 10.1. The number of rotatable bonds is 5. The molecule has 2 aromatic carbocycles. The summed E-state index contributed by atoms with van der Waals surface area (Å²) in [4.78, 5) is 26.5. The van der Waals surface area contributed by atoms with E-state index in [1.165, 1.54) is 4.90 Å². The van der Waals surface area contributed by atoms with Gasteiger partial charge in [-0.2, -0.15) is 0 Å². The predicted octanol–water partition coefficient (Wildman–Crippen LogP) is 4.59. The number of hydrogen-bond acceptors (Lipinski definition) is 5. The molecule has 26 heavy (non-hydrogen) atoms. The molecule has 2 aromatic rings. The number of nitrogens with zero attached hydrogens (tertiary/aromatic N) is 1. The first-order valence-corrected chi connectivity index (χ1v) is 8.93. The Morgan fingerprint density at radius 1 is 1.08 bits per heavy atom. The molecule has 0 N–H and O–H groups in total. The summed E-state index contributed by atoms with van der Waals surface area (Å²) >= 11 is 6.78. The number of imide groups is 1. The molecule has 0 spiro atoms. The molecule has 1 aliphatic heterocycles. The van der Waals surface area contributed by atoms with Crippen molar-refractivity contribution in [3.8, 4) is 11.5 Å². The molecule has 0 aromatic heterocycles. The third-order valence-electron chi connectivity index (χ3n) is 3.85. The average molecular weight is 390 g/mol. The topological polar surface area (TPSA) is 55.8 Å². The number of hydrogen-bond donors (Lipinski definition) is 0. The van der Waals surface area contributed by atoms with Crippen LogP contribution in [-0.4, -0.2) is 30.3 Å². The maximum atomic E-state index is 12.6. The van der Waals surface area contributed by atoms with Crippen LogP contribution >= 0.6 is 23.4 Å². The Morgan fingerprint density at radius 2 is 1.81 bits per heavy atom. The highest BCUT2D eigenvalue weighted by Crippen LogP contribution is 2.35. The van der Waals surface area contributed by atoms with E-state index in [2.05, 4.69) is 0 Å². The minimum Gasteiger partial charge on any atom is -0.497 e. The summed E-state index contributed by atoms with van der Waals surface area (Å²) in [5, 5.41) is 0.304. The fraction of sp³-hybridized carbons (Fsp3) is 0.158. The van der Waals surface area contributed by atoms with Crippen molar-refractivity contribution in [1.82, 2.24) is 4.90 Å². The van der Waals surface area contributed by atoms with Crippen LogP contribution in [0.5, 0.6) is 11.5 Å². The molecular weight excluding hydrogens is 374 g/mol. The SMILES string of the molecule is COc1ccc(/C=C2/SC(=O)N(Cc3ccc(Cl)cc3)C2=O)c(OC)c1. The Labute approximate surface area is 160 Å². The van der Waals surface area contributed by atoms with Gasteiger partial charge in [0.05, 0.1) is 25.7 Å². The fourth-order valence-electron chi connectivity index (χ4n) is 2.49. The molecule has 0 unspecified atom stereocenters. The molecule has 1 fully saturated rings. The Balaban J connectivity index is 1.84. The molecule has 2 amide bonds. The predicted molar refractivity (Wildman–Crippen MR) is 103 cm³/mol. The second-order valence-electron chi connectivity index (χ2n) is 5.50. The summed E-state index contributed by atoms with van der Waals surface area (Å²) < 4.78 is 10.5. The molecule has 0 aliphatic carbocycles. The normalized spacial score (nSPS) is 15.7. The molecule has 1 aliphatic rings. The van der Waals surface area contributed by atoms with Gasteiger partial charge in [0.1, 0.15) is 11.5 Å². The maximum Gasteiger partial charge on any atom is 0.293 e. The summed E-state index contributed by atoms with van der Waals surface area (Å²) in [5.74, 6) is 0.886. The lowest BCUT2D eigenvalue weighted by Gasteiger charge is -2.12. The van der Waals surface area contributed by atoms with E-state index in [9.17, 15) is 9.59 Å². The van der Waals surface area contributed by atoms with E-state index in [0.717, 1.165) is 17.3 Å². The Bertz CT molecular complexity index is 880. The molecule has 7 heteroatoms. The Morgan fingerprint density at radius 3 is 2.46 bits per heavy atom. The summed E-state index contributed by atoms with van der Waals surface area (Å²) in [7, 11) is 3.11. The van der Waals surface area contributed by atoms with Crippen LogP contribution in [0.3, 0.4) is 0 Å². The van der Waals surface area contributed by atoms with Gasteiger partial charge in [0, 0.05) is 16.7 Å². The standard InChI is InChI=1S/C19H16ClNO4S/c1-24-15-8-5-13(16(10-15)25-2)9-17-18(22)21(19(23)26-17)11-12-3-6-14(20)7-4-12/h3-10H,11H2,1-2H3/b17-9+. The first kappa shape index (κ1) is 18.4. The number of benzene rings is 2. The van der Waals surface area contributed by atoms with Gasteiger partial charge in [-0.1, -0.05) is 23.7 Å². The molecule has 0 bridgehead atoms. The number of ether oxygens (including phenoxy) is 2. The Kier molecular flexibility index (Phi) is 5.54. The number of carbonyl (C=O) groups is 2. The number of methoxy groups -OCH3 is 2. The van der Waals surface area contributed by atoms with Crippen LogP contribution in [0.2, 0.25) is 5.02 Å². The molecule has 3 rings (SSSR count). The van der Waals surface area contributed by atoms with Crippen molar-refractivity contribution >= 4 is 40.6 Å². The van der Waals surface area contributed by atoms with E-state index in [1.807, 2.05) is 0 Å². The average Bonchev–Trinajstić information content (AvgIpc) is 2.91. The third kappa shape index (κ3) is 3.86. The van der Waals surface area contributed by atoms with Crippen LogP contribution in [-0.2, 0) is 11.3 Å². The van der Waals surface area contributed by atoms with Gasteiger partial charge in [-0.25, -0.2) is 0 Å². The minimum absolute atomic E-state index is 0.207. The van der Waals surface area contributed by atoms with Crippen molar-refractivity contribution in [3.63, 3.8) is 0 Å². The van der Waals surface area contributed by atoms with Crippen LogP contribution < -0.4 is 9.47 Å². The Hall–Kier alpha value is -2.44. The number of carbonyl (C=O) groups excluding carboxylic acids is 2. The molecule has 0 radical (unpaired) electrons. The summed E-state index contributed by atoms with van der Waals surface area (Å²) in [6, 6.07) is 12.3. The molecule has 1 saturated heterocycles. The zero-order valence-electron chi connectivity index (χ0n) is 14.2. The lowest BCUT2D eigenvalue weighted by Crippen LogP contribution is -2.27. The summed E-state index contributed by atoms with van der Waals surface area (Å²) in [5.41, 5.74) is 1.53. The number of amides is 2. The molecule has 134 valence electrons. The van der Waals surface area contributed by atoms with Gasteiger partial charge >= 0.3 is 0 Å². The van der Waals surface area contributed by atoms with Crippen LogP contribution in [0.25, 0.3) is 6.08 Å². The maximum absolute atomic E-state index is 12.6. The van der Waals surface area contributed by atoms with E-state index in [1.54, 1.807) is 62.8 Å². The van der Waals surface area contributed by atoms with Gasteiger partial charge in [0.15, 0.2) is 0 Å². The molecule has 0 saturated carbocycles. The van der Waals surface area contributed by atoms with Gasteiger partial charge in [0.2, 0.25) is 0 Å². The lowest BCUT2D eigenvalue weighted by molar-refractivity contribution is -0.123. The molecule has 1 heterocycles. The van der Waals surface area contributed by atoms with Crippen LogP contribution in [0.15, 0.2) is 47.4 Å². The van der Waals surface area contributed by atoms with Crippen molar-refractivity contribution in [2.24, 2.45) is 0 Å². The van der Waals surface area contributed by atoms with Crippen molar-refractivity contribution in [3.05, 3.63) is 63.5 Å². The smallest absolute Gasteiger partial charge is 0.293 e. The largest absolute Gasteiger partial charge is 0.497 e. The van der Waals surface area contributed by atoms with Crippen molar-refractivity contribution in [2.75, 3.05) is 14.2 Å². The fourth-order valence-corrected chi connectivity index (χ4v) is 3.44. The van der Waals surface area contributed by atoms with E-state index in [0.29, 0.717) is 27.0 Å². The summed E-state index contributed by atoms with van der Waals surface area (Å²) in [6.07, 6.45) is 1.66. The second kappa shape index (κ2) is 7.85. The minimum atomic E-state index is -0.326. The van der Waals surface area contributed by atoms with Gasteiger partial charge in [-0.15, -0.1) is 0 Å². The molecule has 0 atom stereocenters. The number of halogens is 1. The monoisotopic (exact) mass is 389 g/mol. The van der Waals surface area contributed by atoms with E-state index < -0.39 is 0 Å². The first-order chi connectivity index (χ1) is 12.5. The zero-order chi connectivity index (χ0) is 18.7. The first-order valence-electron chi connectivity index (χ1n) is 7.73. The highest BCUT2D eigenvalue weighted by Gasteiger charge is 2.35. The molecule has 5 nitrogen and oxygen atoms in total. The number of thioether (sulfide) groups is 1. The van der Waals surface area contributed by atoms with Crippen molar-refractivity contribution < 1.29 is 19.1 Å². The highest BCUT2D eigenvalue weighted by molar-refractivity contribution is 8.18. The quantitative estimate of drug-likeness (QED) is 0.700. The van der Waals surface area contributed by atoms with Crippen LogP contribution in [0.1, 0.15) is 11.1 Å². The van der Waals surface area contributed by atoms with Gasteiger partial charge in [0.25, 0.3) is 11.1 Å². The molecular formula is C19H16ClNO4S. The van der Waals surface area contributed by atoms with Gasteiger partial charge in [-0.3, -0.25) is 14.5 Å². The third-order valence-corrected chi connectivity index (χ3v) is 5.01. The highest BCUT2D eigenvalue weighted by atomic mass is 35.5. The van der Waals surface area contributed by atoms with E-state index in [-0.39, 0.29) is 17.7 Å². The van der Waals surface area contributed by atoms with Crippen molar-refractivity contribution in [1.29, 1.82) is 0 Å². The van der Waals surface area contributed by atoms with Gasteiger partial charge in [-0.05, 0) is 47.7 Å². The zero-order valence-corrected chi connectivity index (χ0v) is 15.8. The summed E-state index contributed by atoms with van der Waals surface area (Å²) in [6.45, 7) is 0.207. The second-order valence-corrected chi connectivity index (χ2v) is 6.93. The van der Waals surface area contributed by atoms with Crippen molar-refractivity contribution in [2.45, 2.75) is 6.54 Å². The van der Waals surface area contributed by atoms with Gasteiger partial charge < -0.3 is 9.47 Å². The van der Waals surface area contributed by atoms with Crippen LogP contribution in [0.4, 0.5) is 4.79 Å². The van der Waals surface area contributed by atoms with E-state index in [4.69, 9.17) is 21.1 Å². The van der Waals surface area contributed by atoms with E-state index >= 15 is 0 Å². The van der Waals surface area contributed by atoms with Crippen LogP contribution in [0, 0.1) is 0 Å².